The summed E-state index contributed by atoms with van der Waals surface area (Å²) in [5, 5.41) is 9.66. The van der Waals surface area contributed by atoms with Crippen molar-refractivity contribution in [3.05, 3.63) is 0 Å². The van der Waals surface area contributed by atoms with Gasteiger partial charge in [-0.3, -0.25) is 4.79 Å². The third-order valence-electron chi connectivity index (χ3n) is 0.665. The molecule has 0 spiro atoms. The van der Waals surface area contributed by atoms with Crippen molar-refractivity contribution in [3.63, 3.8) is 0 Å². The Balaban J connectivity index is 0. The molecule has 0 aromatic heterocycles. The zero-order valence-electron chi connectivity index (χ0n) is 5.62. The van der Waals surface area contributed by atoms with Crippen molar-refractivity contribution < 1.29 is 70.9 Å². The summed E-state index contributed by atoms with van der Waals surface area (Å²) in [6.45, 7) is 0. The Kier molecular flexibility index (Phi) is 10.0. The maximum atomic E-state index is 10.1. The second-order valence-electron chi connectivity index (χ2n) is 1.36. The van der Waals surface area contributed by atoms with Gasteiger partial charge < -0.3 is 14.7 Å². The number of nitrogens with two attached hydrogens (primary N) is 1. The summed E-state index contributed by atoms with van der Waals surface area (Å²) < 4.78 is 0. The normalized spacial score (nSPS) is 7.70. The summed E-state index contributed by atoms with van der Waals surface area (Å²) in [6.07, 6.45) is -0.588. The van der Waals surface area contributed by atoms with Crippen molar-refractivity contribution in [2.24, 2.45) is 5.90 Å². The molecule has 0 rings (SSSR count). The zero-order chi connectivity index (χ0) is 7.28. The number of carbonyl (C=O) groups excluding carboxylic acids is 2. The van der Waals surface area contributed by atoms with Gasteiger partial charge in [-0.15, -0.1) is 0 Å². The number of hydrogen-bond acceptors (Lipinski definition) is 5. The molecule has 0 amide bonds. The molecule has 0 aromatic rings. The van der Waals surface area contributed by atoms with Gasteiger partial charge in [0.1, 0.15) is 0 Å². The van der Waals surface area contributed by atoms with Crippen LogP contribution in [0.15, 0.2) is 0 Å². The van der Waals surface area contributed by atoms with Gasteiger partial charge in [-0.25, -0.2) is 0 Å². The van der Waals surface area contributed by atoms with Gasteiger partial charge in [0.25, 0.3) is 0 Å². The molecular weight excluding hydrogens is 165 g/mol. The van der Waals surface area contributed by atoms with Crippen molar-refractivity contribution in [2.45, 2.75) is 12.8 Å². The number of aliphatic carboxylic acids is 1. The van der Waals surface area contributed by atoms with Crippen LogP contribution in [0, 0.1) is 0 Å². The number of carboxylic acid groups (broad SMARTS) is 1. The van der Waals surface area contributed by atoms with E-state index in [1.54, 1.807) is 0 Å². The summed E-state index contributed by atoms with van der Waals surface area (Å²) in [5.41, 5.74) is 0. The Morgan fingerprint density at radius 2 is 1.90 bits per heavy atom. The maximum absolute atomic E-state index is 10.1. The third-order valence-corrected chi connectivity index (χ3v) is 0.665. The Labute approximate surface area is 100 Å². The molecule has 0 aliphatic rings. The molecule has 0 saturated carbocycles. The first kappa shape index (κ1) is 13.1. The topological polar surface area (TPSA) is 92.5 Å². The fraction of sp³-hybridized carbons (Fsp3) is 0.500. The van der Waals surface area contributed by atoms with E-state index in [0.717, 1.165) is 0 Å². The molecule has 2 N–H and O–H groups in total. The molecule has 52 valence electrons. The van der Waals surface area contributed by atoms with E-state index in [1.165, 1.54) is 0 Å². The van der Waals surface area contributed by atoms with Gasteiger partial charge in [0.15, 0.2) is 0 Å². The third kappa shape index (κ3) is 8.54. The Bertz CT molecular complexity index is 126. The van der Waals surface area contributed by atoms with Crippen molar-refractivity contribution in [1.82, 2.24) is 0 Å². The minimum atomic E-state index is -1.29. The van der Waals surface area contributed by atoms with Crippen molar-refractivity contribution in [3.8, 4) is 0 Å². The van der Waals surface area contributed by atoms with Crippen molar-refractivity contribution in [2.75, 3.05) is 0 Å². The van der Waals surface area contributed by atoms with E-state index in [1.807, 2.05) is 0 Å². The van der Waals surface area contributed by atoms with Gasteiger partial charge in [-0.05, 0) is 6.42 Å². The molecule has 0 atom stereocenters. The molecule has 10 heavy (non-hydrogen) atoms. The fourth-order valence-electron chi connectivity index (χ4n) is 0.263. The van der Waals surface area contributed by atoms with E-state index in [2.05, 4.69) is 10.7 Å². The van der Waals surface area contributed by atoms with Crippen molar-refractivity contribution >= 4 is 11.9 Å². The molecule has 0 aliphatic carbocycles. The van der Waals surface area contributed by atoms with Crippen LogP contribution in [-0.2, 0) is 14.4 Å². The summed E-state index contributed by atoms with van der Waals surface area (Å²) in [7, 11) is 0. The van der Waals surface area contributed by atoms with Crippen LogP contribution >= 0.6 is 0 Å². The molecule has 0 saturated heterocycles. The number of hydrogen-bond donors (Lipinski definition) is 1. The van der Waals surface area contributed by atoms with Crippen LogP contribution in [-0.4, -0.2) is 11.9 Å². The van der Waals surface area contributed by atoms with Crippen LogP contribution in [0.4, 0.5) is 0 Å². The second-order valence-corrected chi connectivity index (χ2v) is 1.36. The van der Waals surface area contributed by atoms with E-state index >= 15 is 0 Å². The van der Waals surface area contributed by atoms with E-state index in [9.17, 15) is 14.7 Å². The second kappa shape index (κ2) is 7.64. The largest absolute Gasteiger partial charge is 1.00 e. The van der Waals surface area contributed by atoms with E-state index < -0.39 is 11.9 Å². The molecule has 0 fully saturated rings. The predicted molar refractivity (Wildman–Crippen MR) is 24.5 cm³/mol. The van der Waals surface area contributed by atoms with Gasteiger partial charge in [-0.2, -0.15) is 5.90 Å². The smallest absolute Gasteiger partial charge is 0.550 e. The van der Waals surface area contributed by atoms with Gasteiger partial charge in [0.05, 0.1) is 6.42 Å². The van der Waals surface area contributed by atoms with Crippen LogP contribution in [0.2, 0.25) is 0 Å². The van der Waals surface area contributed by atoms with Crippen LogP contribution in [0.25, 0.3) is 0 Å². The summed E-state index contributed by atoms with van der Waals surface area (Å²) in [5.74, 6) is 2.35. The predicted octanol–water partition coefficient (Wildman–Crippen LogP) is -5.06. The number of rotatable bonds is 3. The molecule has 0 aromatic carbocycles. The van der Waals surface area contributed by atoms with Gasteiger partial charge in [0.2, 0.25) is 0 Å². The minimum Gasteiger partial charge on any atom is -0.550 e. The molecule has 6 heteroatoms. The molecule has 0 unspecified atom stereocenters. The van der Waals surface area contributed by atoms with E-state index in [0.29, 0.717) is 0 Å². The average Bonchev–Trinajstić information content (AvgIpc) is 1.83. The van der Waals surface area contributed by atoms with Crippen LogP contribution < -0.4 is 62.4 Å². The Hall–Kier alpha value is 0.536. The number of carbonyl (C=O) groups is 2. The van der Waals surface area contributed by atoms with Gasteiger partial charge in [0, 0.05) is 5.97 Å². The molecule has 0 aliphatic heterocycles. The monoisotopic (exact) mass is 171 g/mol. The standard InChI is InChI=1S/C4H7NO4.K/c5-9-4(8)2-1-3(6)7;/h1-2,5H2,(H,6,7);/q;+1/p-1. The molecule has 0 heterocycles. The fourth-order valence-corrected chi connectivity index (χ4v) is 0.263. The summed E-state index contributed by atoms with van der Waals surface area (Å²) >= 11 is 0. The first-order valence-electron chi connectivity index (χ1n) is 2.26. The van der Waals surface area contributed by atoms with Crippen LogP contribution in [0.5, 0.6) is 0 Å². The van der Waals surface area contributed by atoms with E-state index in [4.69, 9.17) is 0 Å². The first-order chi connectivity index (χ1) is 4.16. The van der Waals surface area contributed by atoms with Gasteiger partial charge >= 0.3 is 57.4 Å². The molecular formula is C4H6KNO4. The van der Waals surface area contributed by atoms with Crippen LogP contribution in [0.3, 0.4) is 0 Å². The average molecular weight is 171 g/mol. The first-order valence-corrected chi connectivity index (χ1v) is 2.26. The molecule has 0 radical (unpaired) electrons. The Morgan fingerprint density at radius 3 is 2.20 bits per heavy atom. The van der Waals surface area contributed by atoms with Crippen LogP contribution in [0.1, 0.15) is 12.8 Å². The molecule has 5 nitrogen and oxygen atoms in total. The van der Waals surface area contributed by atoms with E-state index in [-0.39, 0.29) is 64.2 Å². The quantitative estimate of drug-likeness (QED) is 0.339. The SMILES string of the molecule is NOC(=O)CCC(=O)[O-].[K+]. The summed E-state index contributed by atoms with van der Waals surface area (Å²) in [6, 6.07) is 0. The zero-order valence-corrected chi connectivity index (χ0v) is 8.75. The van der Waals surface area contributed by atoms with Crippen molar-refractivity contribution in [1.29, 1.82) is 0 Å². The maximum Gasteiger partial charge on any atom is 1.00 e. The minimum absolute atomic E-state index is 0. The Morgan fingerprint density at radius 1 is 1.40 bits per heavy atom. The molecule has 0 bridgehead atoms. The van der Waals surface area contributed by atoms with Gasteiger partial charge in [-0.1, -0.05) is 0 Å². The number of carboxylic acids is 1. The summed E-state index contributed by atoms with van der Waals surface area (Å²) in [4.78, 5) is 23.4.